The van der Waals surface area contributed by atoms with Crippen LogP contribution in [0, 0.1) is 0 Å². The summed E-state index contributed by atoms with van der Waals surface area (Å²) in [6, 6.07) is 3.74. The molecule has 0 aromatic carbocycles. The van der Waals surface area contributed by atoms with E-state index in [1.54, 1.807) is 11.0 Å². The topological polar surface area (TPSA) is 20.3 Å². The summed E-state index contributed by atoms with van der Waals surface area (Å²) in [6.07, 6.45) is 3.00. The molecule has 1 amide bonds. The van der Waals surface area contributed by atoms with Crippen LogP contribution in [-0.4, -0.2) is 17.4 Å². The smallest absolute Gasteiger partial charge is 0.246 e. The zero-order valence-electron chi connectivity index (χ0n) is 8.28. The van der Waals surface area contributed by atoms with Crippen LogP contribution in [0.5, 0.6) is 0 Å². The maximum atomic E-state index is 11.4. The number of hydrogen-bond acceptors (Lipinski definition) is 2. The van der Waals surface area contributed by atoms with Gasteiger partial charge in [-0.25, -0.2) is 0 Å². The fourth-order valence-electron chi connectivity index (χ4n) is 1.14. The van der Waals surface area contributed by atoms with E-state index in [-0.39, 0.29) is 5.91 Å². The third kappa shape index (κ3) is 3.53. The van der Waals surface area contributed by atoms with Crippen LogP contribution in [0.25, 0.3) is 0 Å². The van der Waals surface area contributed by atoms with Gasteiger partial charge in [0.25, 0.3) is 0 Å². The predicted molar refractivity (Wildman–Crippen MR) is 65.1 cm³/mol. The quantitative estimate of drug-likeness (QED) is 0.573. The SMILES string of the molecule is C=CCN(Cc1ccc(Cl)s1)C(=O)C=C. The average molecular weight is 242 g/mol. The largest absolute Gasteiger partial charge is 0.330 e. The van der Waals surface area contributed by atoms with Crippen LogP contribution in [0.3, 0.4) is 0 Å². The van der Waals surface area contributed by atoms with Gasteiger partial charge in [-0.05, 0) is 18.2 Å². The van der Waals surface area contributed by atoms with Crippen molar-refractivity contribution in [2.24, 2.45) is 0 Å². The van der Waals surface area contributed by atoms with Crippen LogP contribution in [0.15, 0.2) is 37.4 Å². The van der Waals surface area contributed by atoms with Gasteiger partial charge in [0, 0.05) is 11.4 Å². The summed E-state index contributed by atoms with van der Waals surface area (Å²) in [5.41, 5.74) is 0. The molecule has 1 rings (SSSR count). The maximum Gasteiger partial charge on any atom is 0.246 e. The molecular weight excluding hydrogens is 230 g/mol. The molecule has 80 valence electrons. The molecular formula is C11H12ClNOS. The molecule has 0 atom stereocenters. The molecule has 0 N–H and O–H groups in total. The maximum absolute atomic E-state index is 11.4. The first-order chi connectivity index (χ1) is 7.17. The molecule has 1 aromatic heterocycles. The van der Waals surface area contributed by atoms with E-state index in [1.807, 2.05) is 12.1 Å². The Hall–Kier alpha value is -1.06. The highest BCUT2D eigenvalue weighted by Gasteiger charge is 2.10. The van der Waals surface area contributed by atoms with Gasteiger partial charge in [0.1, 0.15) is 0 Å². The van der Waals surface area contributed by atoms with E-state index in [0.29, 0.717) is 13.1 Å². The molecule has 0 bridgehead atoms. The van der Waals surface area contributed by atoms with Crippen molar-refractivity contribution in [3.8, 4) is 0 Å². The summed E-state index contributed by atoms with van der Waals surface area (Å²) >= 11 is 7.28. The van der Waals surface area contributed by atoms with Crippen molar-refractivity contribution in [2.45, 2.75) is 6.54 Å². The lowest BCUT2D eigenvalue weighted by molar-refractivity contribution is -0.126. The third-order valence-corrected chi connectivity index (χ3v) is 3.03. The molecule has 2 nitrogen and oxygen atoms in total. The molecule has 0 aliphatic heterocycles. The zero-order chi connectivity index (χ0) is 11.3. The van der Waals surface area contributed by atoms with Crippen LogP contribution in [0.4, 0.5) is 0 Å². The molecule has 0 saturated heterocycles. The standard InChI is InChI=1S/C11H12ClNOS/c1-3-7-13(11(14)4-2)8-9-5-6-10(12)15-9/h3-6H,1-2,7-8H2. The number of hydrogen-bond donors (Lipinski definition) is 0. The second-order valence-electron chi connectivity index (χ2n) is 2.92. The van der Waals surface area contributed by atoms with Crippen molar-refractivity contribution in [1.29, 1.82) is 0 Å². The number of thiophene rings is 1. The first-order valence-electron chi connectivity index (χ1n) is 4.44. The van der Waals surface area contributed by atoms with Gasteiger partial charge in [-0.2, -0.15) is 0 Å². The summed E-state index contributed by atoms with van der Waals surface area (Å²) in [6.45, 7) is 8.14. The van der Waals surface area contributed by atoms with Gasteiger partial charge in [-0.15, -0.1) is 17.9 Å². The molecule has 0 unspecified atom stereocenters. The Morgan fingerprint density at radius 2 is 2.27 bits per heavy atom. The number of nitrogens with zero attached hydrogens (tertiary/aromatic N) is 1. The summed E-state index contributed by atoms with van der Waals surface area (Å²) in [7, 11) is 0. The summed E-state index contributed by atoms with van der Waals surface area (Å²) in [4.78, 5) is 14.2. The van der Waals surface area contributed by atoms with Crippen LogP contribution in [0.2, 0.25) is 4.34 Å². The van der Waals surface area contributed by atoms with Crippen molar-refractivity contribution in [3.63, 3.8) is 0 Å². The summed E-state index contributed by atoms with van der Waals surface area (Å²) in [5, 5.41) is 0. The van der Waals surface area contributed by atoms with Crippen LogP contribution >= 0.6 is 22.9 Å². The van der Waals surface area contributed by atoms with Gasteiger partial charge in [-0.1, -0.05) is 24.3 Å². The molecule has 1 heterocycles. The predicted octanol–water partition coefficient (Wildman–Crippen LogP) is 3.10. The van der Waals surface area contributed by atoms with Crippen molar-refractivity contribution in [3.05, 3.63) is 46.7 Å². The number of amides is 1. The van der Waals surface area contributed by atoms with Gasteiger partial charge < -0.3 is 4.90 Å². The average Bonchev–Trinajstić information content (AvgIpc) is 2.62. The van der Waals surface area contributed by atoms with Gasteiger partial charge >= 0.3 is 0 Å². The minimum Gasteiger partial charge on any atom is -0.330 e. The number of halogens is 1. The second-order valence-corrected chi connectivity index (χ2v) is 4.72. The van der Waals surface area contributed by atoms with E-state index < -0.39 is 0 Å². The molecule has 0 saturated carbocycles. The first kappa shape index (κ1) is 12.0. The highest BCUT2D eigenvalue weighted by atomic mass is 35.5. The van der Waals surface area contributed by atoms with Crippen molar-refractivity contribution in [2.75, 3.05) is 6.54 Å². The normalized spacial score (nSPS) is 9.67. The zero-order valence-corrected chi connectivity index (χ0v) is 9.85. The molecule has 0 aliphatic carbocycles. The van der Waals surface area contributed by atoms with E-state index in [2.05, 4.69) is 13.2 Å². The van der Waals surface area contributed by atoms with Crippen molar-refractivity contribution < 1.29 is 4.79 Å². The molecule has 0 fully saturated rings. The number of carbonyl (C=O) groups excluding carboxylic acids is 1. The Labute approximate surface area is 98.5 Å². The minimum atomic E-state index is -0.0978. The lowest BCUT2D eigenvalue weighted by Crippen LogP contribution is -2.28. The van der Waals surface area contributed by atoms with Crippen molar-refractivity contribution in [1.82, 2.24) is 4.90 Å². The van der Waals surface area contributed by atoms with Gasteiger partial charge in [0.05, 0.1) is 10.9 Å². The molecule has 0 spiro atoms. The van der Waals surface area contributed by atoms with E-state index >= 15 is 0 Å². The lowest BCUT2D eigenvalue weighted by Gasteiger charge is -2.18. The summed E-state index contributed by atoms with van der Waals surface area (Å²) in [5.74, 6) is -0.0978. The highest BCUT2D eigenvalue weighted by molar-refractivity contribution is 7.16. The van der Waals surface area contributed by atoms with Crippen LogP contribution in [0.1, 0.15) is 4.88 Å². The lowest BCUT2D eigenvalue weighted by atomic mass is 10.3. The van der Waals surface area contributed by atoms with Gasteiger partial charge in [0.15, 0.2) is 0 Å². The highest BCUT2D eigenvalue weighted by Crippen LogP contribution is 2.22. The minimum absolute atomic E-state index is 0.0978. The van der Waals surface area contributed by atoms with Gasteiger partial charge in [0.2, 0.25) is 5.91 Å². The fourth-order valence-corrected chi connectivity index (χ4v) is 2.25. The van der Waals surface area contributed by atoms with Gasteiger partial charge in [-0.3, -0.25) is 4.79 Å². The van der Waals surface area contributed by atoms with E-state index in [1.165, 1.54) is 17.4 Å². The molecule has 0 aliphatic rings. The van der Waals surface area contributed by atoms with Crippen LogP contribution < -0.4 is 0 Å². The van der Waals surface area contributed by atoms with E-state index in [4.69, 9.17) is 11.6 Å². The van der Waals surface area contributed by atoms with E-state index in [0.717, 1.165) is 9.21 Å². The number of rotatable bonds is 5. The molecule has 4 heteroatoms. The third-order valence-electron chi connectivity index (χ3n) is 1.81. The van der Waals surface area contributed by atoms with E-state index in [9.17, 15) is 4.79 Å². The number of carbonyl (C=O) groups is 1. The molecule has 0 radical (unpaired) electrons. The Morgan fingerprint density at radius 1 is 1.53 bits per heavy atom. The Bertz CT molecular complexity index is 372. The Kier molecular flexibility index (Phi) is 4.59. The van der Waals surface area contributed by atoms with Crippen molar-refractivity contribution >= 4 is 28.8 Å². The van der Waals surface area contributed by atoms with Crippen LogP contribution in [-0.2, 0) is 11.3 Å². The second kappa shape index (κ2) is 5.73. The Morgan fingerprint density at radius 3 is 2.73 bits per heavy atom. The summed E-state index contributed by atoms with van der Waals surface area (Å²) < 4.78 is 0.731. The first-order valence-corrected chi connectivity index (χ1v) is 5.63. The monoisotopic (exact) mass is 241 g/mol. The molecule has 15 heavy (non-hydrogen) atoms. The Balaban J connectivity index is 2.69. The molecule has 1 aromatic rings. The fraction of sp³-hybridized carbons (Fsp3) is 0.182.